The van der Waals surface area contributed by atoms with Crippen LogP contribution in [0.3, 0.4) is 0 Å². The maximum atomic E-state index is 4.79. The largest absolute Gasteiger partial charge is 0.366 e. The third kappa shape index (κ3) is 3.05. The number of hydrogen-bond acceptors (Lipinski definition) is 4. The fourth-order valence-electron chi connectivity index (χ4n) is 2.64. The molecule has 21 heavy (non-hydrogen) atoms. The number of benzene rings is 1. The lowest BCUT2D eigenvalue weighted by atomic mass is 10.1. The first kappa shape index (κ1) is 14.0. The number of nitrogens with one attached hydrogen (secondary N) is 1. The highest BCUT2D eigenvalue weighted by Gasteiger charge is 2.17. The first-order chi connectivity index (χ1) is 10.3. The quantitative estimate of drug-likeness (QED) is 0.938. The number of anilines is 1. The minimum atomic E-state index is 0.862. The topological polar surface area (TPSA) is 41.1 Å². The molecule has 0 unspecified atom stereocenters. The van der Waals surface area contributed by atoms with Crippen LogP contribution in [0, 0.1) is 6.92 Å². The minimum absolute atomic E-state index is 0.862. The Bertz CT molecular complexity index is 601. The normalized spacial score (nSPS) is 15.2. The molecule has 1 fully saturated rings. The Morgan fingerprint density at radius 2 is 1.86 bits per heavy atom. The summed E-state index contributed by atoms with van der Waals surface area (Å²) in [6.07, 6.45) is 2.85. The molecule has 0 bridgehead atoms. The lowest BCUT2D eigenvalue weighted by Crippen LogP contribution is -2.43. The fourth-order valence-corrected chi connectivity index (χ4v) is 2.64. The highest BCUT2D eigenvalue weighted by atomic mass is 15.2. The predicted molar refractivity (Wildman–Crippen MR) is 86.7 cm³/mol. The monoisotopic (exact) mass is 282 g/mol. The molecule has 0 amide bonds. The van der Waals surface area contributed by atoms with Crippen molar-refractivity contribution in [2.45, 2.75) is 20.3 Å². The van der Waals surface area contributed by atoms with Crippen molar-refractivity contribution in [3.63, 3.8) is 0 Å². The van der Waals surface area contributed by atoms with E-state index in [1.807, 2.05) is 6.20 Å². The zero-order chi connectivity index (χ0) is 14.7. The summed E-state index contributed by atoms with van der Waals surface area (Å²) in [5.41, 5.74) is 4.65. The van der Waals surface area contributed by atoms with Gasteiger partial charge in [-0.25, -0.2) is 9.97 Å². The van der Waals surface area contributed by atoms with Crippen LogP contribution in [-0.4, -0.2) is 36.1 Å². The number of rotatable bonds is 3. The van der Waals surface area contributed by atoms with Crippen molar-refractivity contribution in [3.8, 4) is 11.3 Å². The standard InChI is InChI=1S/C17H22N4/c1-3-16-19-12-15(21-10-8-18-9-11-21)17(20-16)14-6-4-13(2)5-7-14/h4-7,12,18H,3,8-11H2,1-2H3. The molecule has 4 nitrogen and oxygen atoms in total. The van der Waals surface area contributed by atoms with Crippen molar-refractivity contribution < 1.29 is 0 Å². The SMILES string of the molecule is CCc1ncc(N2CCNCC2)c(-c2ccc(C)cc2)n1. The van der Waals surface area contributed by atoms with Crippen molar-refractivity contribution in [1.29, 1.82) is 0 Å². The van der Waals surface area contributed by atoms with Crippen LogP contribution in [0.1, 0.15) is 18.3 Å². The number of nitrogens with zero attached hydrogens (tertiary/aromatic N) is 3. The molecular formula is C17H22N4. The number of aryl methyl sites for hydroxylation is 2. The van der Waals surface area contributed by atoms with Gasteiger partial charge < -0.3 is 10.2 Å². The Balaban J connectivity index is 2.04. The van der Waals surface area contributed by atoms with Crippen molar-refractivity contribution in [1.82, 2.24) is 15.3 Å². The van der Waals surface area contributed by atoms with E-state index in [4.69, 9.17) is 4.98 Å². The van der Waals surface area contributed by atoms with Gasteiger partial charge in [0.15, 0.2) is 0 Å². The smallest absolute Gasteiger partial charge is 0.128 e. The molecule has 1 aliphatic rings. The predicted octanol–water partition coefficient (Wildman–Crippen LogP) is 2.42. The molecule has 2 heterocycles. The van der Waals surface area contributed by atoms with Crippen LogP contribution in [0.2, 0.25) is 0 Å². The van der Waals surface area contributed by atoms with Crippen LogP contribution < -0.4 is 10.2 Å². The molecule has 1 aliphatic heterocycles. The van der Waals surface area contributed by atoms with E-state index in [2.05, 4.69) is 53.3 Å². The molecule has 0 spiro atoms. The van der Waals surface area contributed by atoms with Crippen molar-refractivity contribution in [2.75, 3.05) is 31.1 Å². The first-order valence-corrected chi connectivity index (χ1v) is 7.66. The van der Waals surface area contributed by atoms with Crippen LogP contribution in [0.15, 0.2) is 30.5 Å². The highest BCUT2D eigenvalue weighted by Crippen LogP contribution is 2.29. The summed E-state index contributed by atoms with van der Waals surface area (Å²) in [7, 11) is 0. The highest BCUT2D eigenvalue weighted by molar-refractivity contribution is 5.74. The Morgan fingerprint density at radius 3 is 2.52 bits per heavy atom. The number of piperazine rings is 1. The molecule has 1 N–H and O–H groups in total. The van der Waals surface area contributed by atoms with Crippen LogP contribution in [-0.2, 0) is 6.42 Å². The van der Waals surface area contributed by atoms with Gasteiger partial charge >= 0.3 is 0 Å². The number of aromatic nitrogens is 2. The zero-order valence-corrected chi connectivity index (χ0v) is 12.8. The third-order valence-corrected chi connectivity index (χ3v) is 3.92. The molecule has 0 radical (unpaired) electrons. The van der Waals surface area contributed by atoms with Gasteiger partial charge in [-0.2, -0.15) is 0 Å². The van der Waals surface area contributed by atoms with Gasteiger partial charge in [-0.1, -0.05) is 36.8 Å². The Labute approximate surface area is 126 Å². The van der Waals surface area contributed by atoms with E-state index in [1.54, 1.807) is 0 Å². The summed E-state index contributed by atoms with van der Waals surface area (Å²) in [6.45, 7) is 8.25. The average Bonchev–Trinajstić information content (AvgIpc) is 2.56. The second kappa shape index (κ2) is 6.22. The van der Waals surface area contributed by atoms with Gasteiger partial charge in [0.2, 0.25) is 0 Å². The summed E-state index contributed by atoms with van der Waals surface area (Å²) in [6, 6.07) is 8.60. The fraction of sp³-hybridized carbons (Fsp3) is 0.412. The molecule has 1 saturated heterocycles. The van der Waals surface area contributed by atoms with Crippen LogP contribution >= 0.6 is 0 Å². The van der Waals surface area contributed by atoms with Crippen molar-refractivity contribution in [3.05, 3.63) is 41.9 Å². The van der Waals surface area contributed by atoms with Crippen LogP contribution in [0.25, 0.3) is 11.3 Å². The molecule has 110 valence electrons. The first-order valence-electron chi connectivity index (χ1n) is 7.66. The maximum Gasteiger partial charge on any atom is 0.128 e. The molecule has 3 rings (SSSR count). The van der Waals surface area contributed by atoms with E-state index in [-0.39, 0.29) is 0 Å². The van der Waals surface area contributed by atoms with E-state index in [0.29, 0.717) is 0 Å². The molecule has 0 aliphatic carbocycles. The van der Waals surface area contributed by atoms with Gasteiger partial charge in [-0.15, -0.1) is 0 Å². The third-order valence-electron chi connectivity index (χ3n) is 3.92. The van der Waals surface area contributed by atoms with E-state index < -0.39 is 0 Å². The Morgan fingerprint density at radius 1 is 1.14 bits per heavy atom. The molecule has 2 aromatic rings. The lowest BCUT2D eigenvalue weighted by Gasteiger charge is -2.30. The zero-order valence-electron chi connectivity index (χ0n) is 12.8. The molecular weight excluding hydrogens is 260 g/mol. The Kier molecular flexibility index (Phi) is 4.15. The average molecular weight is 282 g/mol. The van der Waals surface area contributed by atoms with Gasteiger partial charge in [0.05, 0.1) is 17.6 Å². The summed E-state index contributed by atoms with van der Waals surface area (Å²) in [5, 5.41) is 3.39. The van der Waals surface area contributed by atoms with Crippen LogP contribution in [0.4, 0.5) is 5.69 Å². The Hall–Kier alpha value is -1.94. The lowest BCUT2D eigenvalue weighted by molar-refractivity contribution is 0.588. The minimum Gasteiger partial charge on any atom is -0.366 e. The molecule has 0 atom stereocenters. The van der Waals surface area contributed by atoms with Crippen molar-refractivity contribution in [2.24, 2.45) is 0 Å². The summed E-state index contributed by atoms with van der Waals surface area (Å²) in [4.78, 5) is 11.7. The summed E-state index contributed by atoms with van der Waals surface area (Å²) >= 11 is 0. The van der Waals surface area contributed by atoms with Gasteiger partial charge in [-0.3, -0.25) is 0 Å². The van der Waals surface area contributed by atoms with Crippen molar-refractivity contribution >= 4 is 5.69 Å². The van der Waals surface area contributed by atoms with E-state index in [0.717, 1.165) is 49.8 Å². The molecule has 4 heteroatoms. The summed E-state index contributed by atoms with van der Waals surface area (Å²) < 4.78 is 0. The van der Waals surface area contributed by atoms with E-state index in [9.17, 15) is 0 Å². The van der Waals surface area contributed by atoms with Gasteiger partial charge in [0, 0.05) is 38.2 Å². The molecule has 1 aromatic carbocycles. The van der Waals surface area contributed by atoms with Gasteiger partial charge in [0.1, 0.15) is 5.82 Å². The molecule has 1 aromatic heterocycles. The molecule has 0 saturated carbocycles. The van der Waals surface area contributed by atoms with Gasteiger partial charge in [-0.05, 0) is 6.92 Å². The second-order valence-electron chi connectivity index (χ2n) is 5.48. The number of hydrogen-bond donors (Lipinski definition) is 1. The second-order valence-corrected chi connectivity index (χ2v) is 5.48. The van der Waals surface area contributed by atoms with Gasteiger partial charge in [0.25, 0.3) is 0 Å². The summed E-state index contributed by atoms with van der Waals surface area (Å²) in [5.74, 6) is 0.907. The van der Waals surface area contributed by atoms with E-state index >= 15 is 0 Å². The van der Waals surface area contributed by atoms with Crippen LogP contribution in [0.5, 0.6) is 0 Å². The maximum absolute atomic E-state index is 4.79. The van der Waals surface area contributed by atoms with E-state index in [1.165, 1.54) is 11.1 Å².